The minimum absolute atomic E-state index is 0.918. The molecule has 0 aliphatic heterocycles. The molecule has 1 aliphatic carbocycles. The van der Waals surface area contributed by atoms with Gasteiger partial charge in [0.05, 0.1) is 0 Å². The molecule has 0 heterocycles. The van der Waals surface area contributed by atoms with Gasteiger partial charge < -0.3 is 0 Å². The van der Waals surface area contributed by atoms with E-state index >= 15 is 0 Å². The van der Waals surface area contributed by atoms with Crippen molar-refractivity contribution in [3.63, 3.8) is 0 Å². The third kappa shape index (κ3) is 7.02. The molecule has 0 radical (unpaired) electrons. The second kappa shape index (κ2) is 12.2. The lowest BCUT2D eigenvalue weighted by molar-refractivity contribution is 0.408. The Bertz CT molecular complexity index is 709. The van der Waals surface area contributed by atoms with E-state index in [9.17, 15) is 0 Å². The third-order valence-electron chi connectivity index (χ3n) is 6.86. The first kappa shape index (κ1) is 22.1. The maximum absolute atomic E-state index is 2.47. The maximum atomic E-state index is 2.47. The molecule has 1 atom stereocenters. The third-order valence-corrected chi connectivity index (χ3v) is 6.86. The monoisotopic (exact) mass is 390 g/mol. The summed E-state index contributed by atoms with van der Waals surface area (Å²) in [5, 5.41) is 0. The summed E-state index contributed by atoms with van der Waals surface area (Å²) >= 11 is 0. The van der Waals surface area contributed by atoms with Crippen LogP contribution in [0.15, 0.2) is 42.5 Å². The van der Waals surface area contributed by atoms with Gasteiger partial charge in [0.2, 0.25) is 0 Å². The first-order chi connectivity index (χ1) is 14.3. The van der Waals surface area contributed by atoms with Crippen LogP contribution in [0.4, 0.5) is 0 Å². The molecule has 29 heavy (non-hydrogen) atoms. The maximum Gasteiger partial charge on any atom is -0.0181 e. The summed E-state index contributed by atoms with van der Waals surface area (Å²) in [7, 11) is 0. The molecule has 0 fully saturated rings. The Morgan fingerprint density at radius 3 is 2.17 bits per heavy atom. The van der Waals surface area contributed by atoms with Crippen molar-refractivity contribution in [3.05, 3.63) is 59.2 Å². The summed E-state index contributed by atoms with van der Waals surface area (Å²) in [4.78, 5) is 0. The van der Waals surface area contributed by atoms with Crippen LogP contribution in [0.5, 0.6) is 0 Å². The molecule has 0 saturated carbocycles. The van der Waals surface area contributed by atoms with Crippen LogP contribution >= 0.6 is 0 Å². The van der Waals surface area contributed by atoms with Crippen LogP contribution in [0.3, 0.4) is 0 Å². The van der Waals surface area contributed by atoms with Gasteiger partial charge >= 0.3 is 0 Å². The van der Waals surface area contributed by atoms with E-state index in [1.165, 1.54) is 107 Å². The zero-order valence-corrected chi connectivity index (χ0v) is 19.0. The van der Waals surface area contributed by atoms with Gasteiger partial charge in [0, 0.05) is 0 Å². The molecule has 0 spiro atoms. The molecule has 0 bridgehead atoms. The lowest BCUT2D eigenvalue weighted by Gasteiger charge is -2.25. The quantitative estimate of drug-likeness (QED) is 0.317. The molecule has 158 valence electrons. The van der Waals surface area contributed by atoms with E-state index in [-0.39, 0.29) is 0 Å². The molecular formula is C29H42. The van der Waals surface area contributed by atoms with Gasteiger partial charge in [-0.25, -0.2) is 0 Å². The van der Waals surface area contributed by atoms with E-state index in [1.807, 2.05) is 0 Å². The van der Waals surface area contributed by atoms with E-state index in [4.69, 9.17) is 0 Å². The Morgan fingerprint density at radius 2 is 1.38 bits per heavy atom. The fourth-order valence-corrected chi connectivity index (χ4v) is 4.91. The fraction of sp³-hybridized carbons (Fsp3) is 0.586. The van der Waals surface area contributed by atoms with E-state index in [2.05, 4.69) is 56.3 Å². The molecule has 1 unspecified atom stereocenters. The van der Waals surface area contributed by atoms with Gasteiger partial charge in [0.1, 0.15) is 0 Å². The molecule has 0 amide bonds. The molecule has 0 aromatic heterocycles. The van der Waals surface area contributed by atoms with E-state index in [0.717, 1.165) is 5.92 Å². The molecule has 3 rings (SSSR count). The standard InChI is InChI=1S/C29H42/c1-3-5-7-8-9-11-12-24-14-17-26(18-15-24)28-21-20-27-22-25(13-10-6-4-2)16-19-29(27)23-28/h14-15,17-18,20-21,23,25H,3-13,16,19,22H2,1-2H3. The van der Waals surface area contributed by atoms with Crippen LogP contribution in [-0.2, 0) is 19.3 Å². The number of rotatable bonds is 12. The van der Waals surface area contributed by atoms with Crippen molar-refractivity contribution in [2.75, 3.05) is 0 Å². The van der Waals surface area contributed by atoms with Gasteiger partial charge in [-0.05, 0) is 65.8 Å². The number of unbranched alkanes of at least 4 members (excludes halogenated alkanes) is 7. The number of fused-ring (bicyclic) bond motifs is 1. The molecule has 0 heteroatoms. The van der Waals surface area contributed by atoms with Crippen molar-refractivity contribution >= 4 is 0 Å². The topological polar surface area (TPSA) is 0 Å². The second-order valence-electron chi connectivity index (χ2n) is 9.30. The number of hydrogen-bond acceptors (Lipinski definition) is 0. The zero-order valence-electron chi connectivity index (χ0n) is 19.0. The lowest BCUT2D eigenvalue weighted by atomic mass is 9.80. The Kier molecular flexibility index (Phi) is 9.32. The predicted octanol–water partition coefficient (Wildman–Crippen LogP) is 8.94. The second-order valence-corrected chi connectivity index (χ2v) is 9.30. The van der Waals surface area contributed by atoms with Crippen molar-refractivity contribution < 1.29 is 0 Å². The Balaban J connectivity index is 1.51. The van der Waals surface area contributed by atoms with Gasteiger partial charge in [0.25, 0.3) is 0 Å². The highest BCUT2D eigenvalue weighted by atomic mass is 14.2. The van der Waals surface area contributed by atoms with E-state index < -0.39 is 0 Å². The smallest absolute Gasteiger partial charge is 0.0181 e. The molecule has 0 saturated heterocycles. The summed E-state index contributed by atoms with van der Waals surface area (Å²) < 4.78 is 0. The van der Waals surface area contributed by atoms with Crippen molar-refractivity contribution in [1.82, 2.24) is 0 Å². The first-order valence-electron chi connectivity index (χ1n) is 12.5. The average molecular weight is 391 g/mol. The van der Waals surface area contributed by atoms with E-state index in [0.29, 0.717) is 0 Å². The van der Waals surface area contributed by atoms with Crippen molar-refractivity contribution in [2.24, 2.45) is 5.92 Å². The van der Waals surface area contributed by atoms with Crippen LogP contribution in [-0.4, -0.2) is 0 Å². The summed E-state index contributed by atoms with van der Waals surface area (Å²) in [5.41, 5.74) is 7.49. The molecule has 0 N–H and O–H groups in total. The summed E-state index contributed by atoms with van der Waals surface area (Å²) in [6.45, 7) is 4.59. The zero-order chi connectivity index (χ0) is 20.3. The van der Waals surface area contributed by atoms with Crippen LogP contribution in [0.25, 0.3) is 11.1 Å². The van der Waals surface area contributed by atoms with Crippen molar-refractivity contribution in [3.8, 4) is 11.1 Å². The predicted molar refractivity (Wildman–Crippen MR) is 129 cm³/mol. The van der Waals surface area contributed by atoms with Crippen LogP contribution in [0.2, 0.25) is 0 Å². The van der Waals surface area contributed by atoms with Crippen LogP contribution < -0.4 is 0 Å². The largest absolute Gasteiger partial charge is 0.0654 e. The number of benzene rings is 2. The highest BCUT2D eigenvalue weighted by Gasteiger charge is 2.18. The Morgan fingerprint density at radius 1 is 0.690 bits per heavy atom. The van der Waals surface area contributed by atoms with Gasteiger partial charge in [-0.15, -0.1) is 0 Å². The Hall–Kier alpha value is -1.56. The normalized spacial score (nSPS) is 16.0. The Labute approximate surface area is 180 Å². The molecular weight excluding hydrogens is 348 g/mol. The van der Waals surface area contributed by atoms with Crippen molar-refractivity contribution in [2.45, 2.75) is 104 Å². The summed E-state index contributed by atoms with van der Waals surface area (Å²) in [5.74, 6) is 0.918. The minimum atomic E-state index is 0.918. The molecule has 1 aliphatic rings. The summed E-state index contributed by atoms with van der Waals surface area (Å²) in [6, 6.07) is 16.6. The number of aryl methyl sites for hydroxylation is 2. The van der Waals surface area contributed by atoms with Gasteiger partial charge in [-0.3, -0.25) is 0 Å². The number of hydrogen-bond donors (Lipinski definition) is 0. The van der Waals surface area contributed by atoms with Crippen LogP contribution in [0, 0.1) is 5.92 Å². The van der Waals surface area contributed by atoms with E-state index in [1.54, 1.807) is 11.1 Å². The average Bonchev–Trinajstić information content (AvgIpc) is 2.76. The lowest BCUT2D eigenvalue weighted by Crippen LogP contribution is -2.14. The highest BCUT2D eigenvalue weighted by Crippen LogP contribution is 2.32. The first-order valence-corrected chi connectivity index (χ1v) is 12.5. The van der Waals surface area contributed by atoms with Crippen molar-refractivity contribution in [1.29, 1.82) is 0 Å². The van der Waals surface area contributed by atoms with Gasteiger partial charge in [-0.2, -0.15) is 0 Å². The minimum Gasteiger partial charge on any atom is -0.0654 e. The summed E-state index contributed by atoms with van der Waals surface area (Å²) in [6.07, 6.45) is 19.0. The van der Waals surface area contributed by atoms with Gasteiger partial charge in [-0.1, -0.05) is 114 Å². The molecule has 0 nitrogen and oxygen atoms in total. The van der Waals surface area contributed by atoms with Crippen LogP contribution in [0.1, 0.15) is 101 Å². The molecule has 2 aromatic rings. The SMILES string of the molecule is CCCCCCCCc1ccc(-c2ccc3c(c2)CCC(CCCCC)C3)cc1. The van der Waals surface area contributed by atoms with Gasteiger partial charge in [0.15, 0.2) is 0 Å². The fourth-order valence-electron chi connectivity index (χ4n) is 4.91. The highest BCUT2D eigenvalue weighted by molar-refractivity contribution is 5.65. The molecule has 2 aromatic carbocycles.